The van der Waals surface area contributed by atoms with Gasteiger partial charge in [0.05, 0.1) is 6.61 Å². The van der Waals surface area contributed by atoms with Gasteiger partial charge < -0.3 is 4.74 Å². The summed E-state index contributed by atoms with van der Waals surface area (Å²) in [7, 11) is 0. The molecule has 23 heavy (non-hydrogen) atoms. The minimum absolute atomic E-state index is 0.281. The van der Waals surface area contributed by atoms with Crippen molar-refractivity contribution in [3.8, 4) is 0 Å². The third kappa shape index (κ3) is 6.11. The summed E-state index contributed by atoms with van der Waals surface area (Å²) in [6.07, 6.45) is 4.39. The topological polar surface area (TPSA) is 26.3 Å². The molecule has 2 aromatic carbocycles. The number of esters is 1. The highest BCUT2D eigenvalue weighted by molar-refractivity contribution is 7.99. The first-order valence-electron chi connectivity index (χ1n) is 8.11. The maximum absolute atomic E-state index is 11.2. The smallest absolute Gasteiger partial charge is 0.333 e. The second-order valence-electron chi connectivity index (χ2n) is 5.69. The Hall–Kier alpha value is -1.74. The molecule has 0 N–H and O–H groups in total. The first kappa shape index (κ1) is 17.6. The Balaban J connectivity index is 1.58. The lowest BCUT2D eigenvalue weighted by molar-refractivity contribution is -0.139. The van der Waals surface area contributed by atoms with Crippen molar-refractivity contribution in [2.75, 3.05) is 12.4 Å². The van der Waals surface area contributed by atoms with Crippen molar-refractivity contribution >= 4 is 28.5 Å². The molecule has 3 heteroatoms. The number of unbranched alkanes of at least 4 members (excludes halogenated alkanes) is 3. The third-order valence-electron chi connectivity index (χ3n) is 3.61. The summed E-state index contributed by atoms with van der Waals surface area (Å²) in [6.45, 7) is 5.74. The minimum Gasteiger partial charge on any atom is -0.462 e. The molecule has 0 aliphatic heterocycles. The summed E-state index contributed by atoms with van der Waals surface area (Å²) in [5.74, 6) is 0.848. The van der Waals surface area contributed by atoms with Gasteiger partial charge in [-0.3, -0.25) is 0 Å². The van der Waals surface area contributed by atoms with Gasteiger partial charge in [0, 0.05) is 10.5 Å². The number of hydrogen-bond acceptors (Lipinski definition) is 3. The normalized spacial score (nSPS) is 10.7. The van der Waals surface area contributed by atoms with Gasteiger partial charge in [-0.05, 0) is 48.4 Å². The third-order valence-corrected chi connectivity index (χ3v) is 4.69. The number of rotatable bonds is 9. The molecule has 0 spiro atoms. The molecule has 2 nitrogen and oxygen atoms in total. The molecule has 0 amide bonds. The highest BCUT2D eigenvalue weighted by Gasteiger charge is 2.02. The van der Waals surface area contributed by atoms with Gasteiger partial charge in [0.25, 0.3) is 0 Å². The van der Waals surface area contributed by atoms with Crippen LogP contribution in [-0.2, 0) is 9.53 Å². The van der Waals surface area contributed by atoms with Crippen LogP contribution in [-0.4, -0.2) is 18.3 Å². The fourth-order valence-electron chi connectivity index (χ4n) is 2.29. The predicted octanol–water partition coefficient (Wildman–Crippen LogP) is 5.61. The molecule has 0 heterocycles. The Labute approximate surface area is 142 Å². The molecule has 0 bridgehead atoms. The van der Waals surface area contributed by atoms with E-state index >= 15 is 0 Å². The lowest BCUT2D eigenvalue weighted by Gasteiger charge is -2.05. The summed E-state index contributed by atoms with van der Waals surface area (Å²) in [5.41, 5.74) is 0.469. The number of hydrogen-bond donors (Lipinski definition) is 0. The van der Waals surface area contributed by atoms with E-state index in [1.54, 1.807) is 6.92 Å². The van der Waals surface area contributed by atoms with Crippen LogP contribution in [0.25, 0.3) is 10.8 Å². The zero-order valence-electron chi connectivity index (χ0n) is 13.7. The van der Waals surface area contributed by atoms with Crippen molar-refractivity contribution in [2.45, 2.75) is 37.5 Å². The maximum Gasteiger partial charge on any atom is 0.333 e. The zero-order valence-corrected chi connectivity index (χ0v) is 14.5. The fraction of sp³-hybridized carbons (Fsp3) is 0.350. The van der Waals surface area contributed by atoms with Gasteiger partial charge >= 0.3 is 5.97 Å². The number of fused-ring (bicyclic) bond motifs is 1. The van der Waals surface area contributed by atoms with Crippen molar-refractivity contribution in [1.29, 1.82) is 0 Å². The van der Waals surface area contributed by atoms with Crippen LogP contribution in [0.1, 0.15) is 32.6 Å². The number of carbonyl (C=O) groups is 1. The highest BCUT2D eigenvalue weighted by Crippen LogP contribution is 2.24. The Kier molecular flexibility index (Phi) is 7.21. The van der Waals surface area contributed by atoms with E-state index in [9.17, 15) is 4.79 Å². The van der Waals surface area contributed by atoms with Gasteiger partial charge in [0.1, 0.15) is 0 Å². The number of carbonyl (C=O) groups excluding carboxylic acids is 1. The number of ether oxygens (including phenoxy) is 1. The molecule has 0 saturated carbocycles. The van der Waals surface area contributed by atoms with Crippen LogP contribution in [0.4, 0.5) is 0 Å². The van der Waals surface area contributed by atoms with E-state index in [-0.39, 0.29) is 5.97 Å². The monoisotopic (exact) mass is 328 g/mol. The average molecular weight is 328 g/mol. The lowest BCUT2D eigenvalue weighted by atomic mass is 10.1. The quantitative estimate of drug-likeness (QED) is 0.259. The van der Waals surface area contributed by atoms with Crippen molar-refractivity contribution in [2.24, 2.45) is 0 Å². The summed E-state index contributed by atoms with van der Waals surface area (Å²) in [4.78, 5) is 12.5. The molecule has 0 aliphatic rings. The van der Waals surface area contributed by atoms with E-state index in [0.29, 0.717) is 12.2 Å². The fourth-order valence-corrected chi connectivity index (χ4v) is 3.25. The van der Waals surface area contributed by atoms with Gasteiger partial charge in [-0.1, -0.05) is 49.8 Å². The van der Waals surface area contributed by atoms with Crippen LogP contribution in [0, 0.1) is 0 Å². The van der Waals surface area contributed by atoms with Gasteiger partial charge in [0.15, 0.2) is 0 Å². The molecule has 0 aromatic heterocycles. The van der Waals surface area contributed by atoms with Gasteiger partial charge in [-0.25, -0.2) is 4.79 Å². The Bertz CT molecular complexity index is 663. The predicted molar refractivity (Wildman–Crippen MR) is 98.9 cm³/mol. The Morgan fingerprint density at radius 1 is 1.04 bits per heavy atom. The Morgan fingerprint density at radius 2 is 1.78 bits per heavy atom. The molecular formula is C20H24O2S. The molecule has 0 aliphatic carbocycles. The van der Waals surface area contributed by atoms with Gasteiger partial charge in [-0.2, -0.15) is 0 Å². The van der Waals surface area contributed by atoms with Crippen LogP contribution in [0.5, 0.6) is 0 Å². The second kappa shape index (κ2) is 9.41. The summed E-state index contributed by atoms with van der Waals surface area (Å²) in [6, 6.07) is 15.1. The van der Waals surface area contributed by atoms with E-state index < -0.39 is 0 Å². The van der Waals surface area contributed by atoms with Gasteiger partial charge in [0.2, 0.25) is 0 Å². The summed E-state index contributed by atoms with van der Waals surface area (Å²) < 4.78 is 5.08. The molecular weight excluding hydrogens is 304 g/mol. The lowest BCUT2D eigenvalue weighted by Crippen LogP contribution is -2.06. The summed E-state index contributed by atoms with van der Waals surface area (Å²) >= 11 is 1.91. The van der Waals surface area contributed by atoms with Crippen molar-refractivity contribution in [3.05, 3.63) is 54.6 Å². The SMILES string of the molecule is C=C(C)C(=O)OCCCCCCSc1ccc2ccccc2c1. The molecule has 0 radical (unpaired) electrons. The van der Waals surface area contributed by atoms with Crippen LogP contribution in [0.2, 0.25) is 0 Å². The van der Waals surface area contributed by atoms with Crippen LogP contribution < -0.4 is 0 Å². The van der Waals surface area contributed by atoms with Crippen molar-refractivity contribution < 1.29 is 9.53 Å². The first-order valence-corrected chi connectivity index (χ1v) is 9.09. The van der Waals surface area contributed by atoms with E-state index in [1.165, 1.54) is 28.5 Å². The number of benzene rings is 2. The van der Waals surface area contributed by atoms with Crippen LogP contribution >= 0.6 is 11.8 Å². The zero-order chi connectivity index (χ0) is 16.5. The van der Waals surface area contributed by atoms with Crippen molar-refractivity contribution in [3.63, 3.8) is 0 Å². The van der Waals surface area contributed by atoms with Crippen LogP contribution in [0.3, 0.4) is 0 Å². The average Bonchev–Trinajstić information content (AvgIpc) is 2.56. The molecule has 2 rings (SSSR count). The maximum atomic E-state index is 11.2. The van der Waals surface area contributed by atoms with Crippen molar-refractivity contribution in [1.82, 2.24) is 0 Å². The van der Waals surface area contributed by atoms with E-state index in [1.807, 2.05) is 11.8 Å². The molecule has 0 unspecified atom stereocenters. The highest BCUT2D eigenvalue weighted by atomic mass is 32.2. The van der Waals surface area contributed by atoms with Crippen LogP contribution in [0.15, 0.2) is 59.5 Å². The summed E-state index contributed by atoms with van der Waals surface area (Å²) in [5, 5.41) is 2.60. The van der Waals surface area contributed by atoms with Gasteiger partial charge in [-0.15, -0.1) is 11.8 Å². The molecule has 0 fully saturated rings. The molecule has 0 atom stereocenters. The minimum atomic E-state index is -0.281. The first-order chi connectivity index (χ1) is 11.2. The second-order valence-corrected chi connectivity index (χ2v) is 6.86. The van der Waals surface area contributed by atoms with E-state index in [4.69, 9.17) is 4.74 Å². The van der Waals surface area contributed by atoms with E-state index in [2.05, 4.69) is 49.0 Å². The Morgan fingerprint density at radius 3 is 2.57 bits per heavy atom. The van der Waals surface area contributed by atoms with E-state index in [0.717, 1.165) is 18.6 Å². The standard InChI is InChI=1S/C20H24O2S/c1-16(2)20(21)22-13-7-3-4-8-14-23-19-12-11-17-9-5-6-10-18(17)15-19/h5-6,9-12,15H,1,3-4,7-8,13-14H2,2H3. The number of thioether (sulfide) groups is 1. The molecule has 122 valence electrons. The molecule has 2 aromatic rings. The molecule has 0 saturated heterocycles. The largest absolute Gasteiger partial charge is 0.462 e.